The molecule has 1 heterocycles. The first-order valence-electron chi connectivity index (χ1n) is 6.52. The fraction of sp³-hybridized carbons (Fsp3) is 0.267. The molecule has 0 aliphatic carbocycles. The molecule has 0 spiro atoms. The summed E-state index contributed by atoms with van der Waals surface area (Å²) in [4.78, 5) is 4.35. The number of pyridine rings is 1. The second-order valence-electron chi connectivity index (χ2n) is 4.57. The monoisotopic (exact) mass is 418 g/mol. The fourth-order valence-electron chi connectivity index (χ4n) is 2.02. The Morgan fingerprint density at radius 3 is 2.62 bits per heavy atom. The van der Waals surface area contributed by atoms with Gasteiger partial charge in [-0.05, 0) is 57.0 Å². The summed E-state index contributed by atoms with van der Waals surface area (Å²) in [7, 11) is 0. The van der Waals surface area contributed by atoms with Crippen molar-refractivity contribution < 1.29 is 8.78 Å². The first kappa shape index (κ1) is 16.5. The van der Waals surface area contributed by atoms with Crippen LogP contribution in [0.1, 0.15) is 30.6 Å². The van der Waals surface area contributed by atoms with Crippen LogP contribution >= 0.6 is 31.9 Å². The lowest BCUT2D eigenvalue weighted by molar-refractivity contribution is 0.526. The van der Waals surface area contributed by atoms with Crippen LogP contribution in [0.25, 0.3) is 0 Å². The molecule has 2 rings (SSSR count). The van der Waals surface area contributed by atoms with Crippen molar-refractivity contribution in [2.24, 2.45) is 0 Å². The van der Waals surface area contributed by atoms with Gasteiger partial charge in [-0.1, -0.05) is 13.0 Å². The summed E-state index contributed by atoms with van der Waals surface area (Å²) in [5.41, 5.74) is 1.04. The Kier molecular flexibility index (Phi) is 5.84. The minimum atomic E-state index is -0.590. The maximum atomic E-state index is 14.1. The smallest absolute Gasteiger partial charge is 0.131 e. The zero-order chi connectivity index (χ0) is 15.4. The predicted octanol–water partition coefficient (Wildman–Crippen LogP) is 4.97. The van der Waals surface area contributed by atoms with Crippen LogP contribution < -0.4 is 5.32 Å². The van der Waals surface area contributed by atoms with Gasteiger partial charge in [0.05, 0.1) is 11.7 Å². The SMILES string of the molecule is CCCNC(c1ccc(F)cc1F)c1ncc(Br)cc1Br. The van der Waals surface area contributed by atoms with Crippen LogP contribution in [-0.4, -0.2) is 11.5 Å². The molecule has 1 aromatic carbocycles. The van der Waals surface area contributed by atoms with E-state index in [-0.39, 0.29) is 0 Å². The number of aromatic nitrogens is 1. The van der Waals surface area contributed by atoms with Crippen LogP contribution in [-0.2, 0) is 0 Å². The summed E-state index contributed by atoms with van der Waals surface area (Å²) in [6, 6.07) is 5.01. The molecule has 1 N–H and O–H groups in total. The van der Waals surface area contributed by atoms with Crippen LogP contribution in [0.15, 0.2) is 39.4 Å². The number of hydrogen-bond acceptors (Lipinski definition) is 2. The van der Waals surface area contributed by atoms with E-state index in [4.69, 9.17) is 0 Å². The molecular formula is C15H14Br2F2N2. The normalized spacial score (nSPS) is 12.4. The predicted molar refractivity (Wildman–Crippen MR) is 86.1 cm³/mol. The van der Waals surface area contributed by atoms with Crippen LogP contribution in [0, 0.1) is 11.6 Å². The molecule has 0 saturated carbocycles. The van der Waals surface area contributed by atoms with Crippen molar-refractivity contribution in [1.29, 1.82) is 0 Å². The van der Waals surface area contributed by atoms with Crippen molar-refractivity contribution in [3.05, 3.63) is 62.3 Å². The molecular weight excluding hydrogens is 406 g/mol. The second kappa shape index (κ2) is 7.42. The van der Waals surface area contributed by atoms with E-state index in [0.717, 1.165) is 21.4 Å². The number of halogens is 4. The number of nitrogens with zero attached hydrogens (tertiary/aromatic N) is 1. The molecule has 2 aromatic rings. The van der Waals surface area contributed by atoms with Gasteiger partial charge in [0.2, 0.25) is 0 Å². The van der Waals surface area contributed by atoms with Crippen molar-refractivity contribution >= 4 is 31.9 Å². The van der Waals surface area contributed by atoms with E-state index >= 15 is 0 Å². The number of nitrogens with one attached hydrogen (secondary N) is 1. The Balaban J connectivity index is 2.46. The third-order valence-corrected chi connectivity index (χ3v) is 4.05. The number of benzene rings is 1. The average Bonchev–Trinajstić information content (AvgIpc) is 2.42. The van der Waals surface area contributed by atoms with E-state index in [2.05, 4.69) is 42.2 Å². The highest BCUT2D eigenvalue weighted by Crippen LogP contribution is 2.30. The molecule has 112 valence electrons. The first-order chi connectivity index (χ1) is 10.0. The molecule has 0 aliphatic rings. The van der Waals surface area contributed by atoms with Crippen LogP contribution in [0.4, 0.5) is 8.78 Å². The fourth-order valence-corrected chi connectivity index (χ4v) is 3.23. The van der Waals surface area contributed by atoms with E-state index in [0.29, 0.717) is 17.8 Å². The van der Waals surface area contributed by atoms with Gasteiger partial charge in [-0.25, -0.2) is 8.78 Å². The molecule has 0 aliphatic heterocycles. The lowest BCUT2D eigenvalue weighted by atomic mass is 10.0. The van der Waals surface area contributed by atoms with Crippen molar-refractivity contribution in [3.8, 4) is 0 Å². The molecule has 1 unspecified atom stereocenters. The summed E-state index contributed by atoms with van der Waals surface area (Å²) in [5, 5.41) is 3.25. The van der Waals surface area contributed by atoms with Crippen LogP contribution in [0.3, 0.4) is 0 Å². The molecule has 0 bridgehead atoms. The van der Waals surface area contributed by atoms with Gasteiger partial charge in [0.25, 0.3) is 0 Å². The third kappa shape index (κ3) is 4.08. The molecule has 1 atom stereocenters. The number of rotatable bonds is 5. The van der Waals surface area contributed by atoms with Crippen molar-refractivity contribution in [2.75, 3.05) is 6.54 Å². The Morgan fingerprint density at radius 2 is 2.00 bits per heavy atom. The Hall–Kier alpha value is -0.850. The lowest BCUT2D eigenvalue weighted by Gasteiger charge is -2.20. The highest BCUT2D eigenvalue weighted by Gasteiger charge is 2.21. The summed E-state index contributed by atoms with van der Waals surface area (Å²) < 4.78 is 28.8. The zero-order valence-electron chi connectivity index (χ0n) is 11.3. The molecule has 0 saturated heterocycles. The highest BCUT2D eigenvalue weighted by atomic mass is 79.9. The summed E-state index contributed by atoms with van der Waals surface area (Å²) in [5.74, 6) is -1.17. The molecule has 0 amide bonds. The lowest BCUT2D eigenvalue weighted by Crippen LogP contribution is -2.25. The maximum Gasteiger partial charge on any atom is 0.131 e. The van der Waals surface area contributed by atoms with Gasteiger partial charge in [0.1, 0.15) is 11.6 Å². The van der Waals surface area contributed by atoms with Gasteiger partial charge in [-0.3, -0.25) is 4.98 Å². The largest absolute Gasteiger partial charge is 0.305 e. The summed E-state index contributed by atoms with van der Waals surface area (Å²) >= 11 is 6.79. The van der Waals surface area contributed by atoms with E-state index < -0.39 is 17.7 Å². The van der Waals surface area contributed by atoms with Gasteiger partial charge in [-0.2, -0.15) is 0 Å². The third-order valence-electron chi connectivity index (χ3n) is 2.98. The van der Waals surface area contributed by atoms with E-state index in [1.807, 2.05) is 13.0 Å². The summed E-state index contributed by atoms with van der Waals surface area (Å²) in [6.45, 7) is 2.72. The van der Waals surface area contributed by atoms with E-state index in [1.165, 1.54) is 12.1 Å². The first-order valence-corrected chi connectivity index (χ1v) is 8.10. The summed E-state index contributed by atoms with van der Waals surface area (Å²) in [6.07, 6.45) is 2.55. The van der Waals surface area contributed by atoms with Gasteiger partial charge in [0, 0.05) is 26.8 Å². The molecule has 0 fully saturated rings. The van der Waals surface area contributed by atoms with Gasteiger partial charge in [0.15, 0.2) is 0 Å². The van der Waals surface area contributed by atoms with Crippen molar-refractivity contribution in [3.63, 3.8) is 0 Å². The Morgan fingerprint density at radius 1 is 1.24 bits per heavy atom. The van der Waals surface area contributed by atoms with E-state index in [1.54, 1.807) is 6.20 Å². The zero-order valence-corrected chi connectivity index (χ0v) is 14.5. The van der Waals surface area contributed by atoms with Crippen LogP contribution in [0.2, 0.25) is 0 Å². The van der Waals surface area contributed by atoms with Gasteiger partial charge < -0.3 is 5.32 Å². The Labute approximate surface area is 139 Å². The van der Waals surface area contributed by atoms with Crippen LogP contribution in [0.5, 0.6) is 0 Å². The quantitative estimate of drug-likeness (QED) is 0.739. The standard InChI is InChI=1S/C15H14Br2F2N2/c1-2-5-20-14(11-4-3-10(18)7-13(11)19)15-12(17)6-9(16)8-21-15/h3-4,6-8,14,20H,2,5H2,1H3. The van der Waals surface area contributed by atoms with Crippen molar-refractivity contribution in [2.45, 2.75) is 19.4 Å². The maximum absolute atomic E-state index is 14.1. The minimum Gasteiger partial charge on any atom is -0.305 e. The molecule has 21 heavy (non-hydrogen) atoms. The molecule has 6 heteroatoms. The van der Waals surface area contributed by atoms with Gasteiger partial charge in [-0.15, -0.1) is 0 Å². The minimum absolute atomic E-state index is 0.375. The molecule has 0 radical (unpaired) electrons. The van der Waals surface area contributed by atoms with E-state index in [9.17, 15) is 8.78 Å². The highest BCUT2D eigenvalue weighted by molar-refractivity contribution is 9.11. The average molecular weight is 420 g/mol. The number of hydrogen-bond donors (Lipinski definition) is 1. The van der Waals surface area contributed by atoms with Gasteiger partial charge >= 0.3 is 0 Å². The van der Waals surface area contributed by atoms with Crippen molar-refractivity contribution in [1.82, 2.24) is 10.3 Å². The topological polar surface area (TPSA) is 24.9 Å². The molecule has 1 aromatic heterocycles. The second-order valence-corrected chi connectivity index (χ2v) is 6.34. The Bertz CT molecular complexity index is 584. The molecule has 2 nitrogen and oxygen atoms in total.